The standard InChI is InChI=1S/C15H27NO2S/c1-15(2,19(3,17)18)9-16-14-8-10-7-13(14)12-6-4-5-11(10)12/h10-14,16H,4-9H2,1-3H3. The largest absolute Gasteiger partial charge is 0.312 e. The van der Waals surface area contributed by atoms with E-state index in [1.54, 1.807) is 0 Å². The van der Waals surface area contributed by atoms with E-state index < -0.39 is 14.6 Å². The Bertz CT molecular complexity index is 457. The summed E-state index contributed by atoms with van der Waals surface area (Å²) in [6.45, 7) is 4.26. The number of hydrogen-bond acceptors (Lipinski definition) is 3. The predicted octanol–water partition coefficient (Wildman–Crippen LogP) is 2.22. The number of nitrogens with one attached hydrogen (secondary N) is 1. The molecule has 1 N–H and O–H groups in total. The molecule has 0 radical (unpaired) electrons. The van der Waals surface area contributed by atoms with Crippen molar-refractivity contribution < 1.29 is 8.42 Å². The smallest absolute Gasteiger partial charge is 0.153 e. The first-order valence-corrected chi connectivity index (χ1v) is 9.62. The van der Waals surface area contributed by atoms with E-state index in [4.69, 9.17) is 0 Å². The molecule has 0 spiro atoms. The molecule has 4 heteroatoms. The maximum atomic E-state index is 11.8. The fourth-order valence-corrected chi connectivity index (χ4v) is 5.16. The zero-order valence-electron chi connectivity index (χ0n) is 12.4. The molecule has 0 saturated heterocycles. The van der Waals surface area contributed by atoms with Crippen LogP contribution < -0.4 is 5.32 Å². The Kier molecular flexibility index (Phi) is 3.25. The van der Waals surface area contributed by atoms with Gasteiger partial charge >= 0.3 is 0 Å². The SMILES string of the molecule is CC(C)(CNC1CC2CC1C1CCCC21)S(C)(=O)=O. The van der Waals surface area contributed by atoms with Gasteiger partial charge in [0, 0.05) is 18.8 Å². The molecule has 0 amide bonds. The molecule has 0 aromatic heterocycles. The average molecular weight is 285 g/mol. The van der Waals surface area contributed by atoms with Gasteiger partial charge in [0.2, 0.25) is 0 Å². The first-order chi connectivity index (χ1) is 8.79. The van der Waals surface area contributed by atoms with Crippen molar-refractivity contribution in [3.8, 4) is 0 Å². The highest BCUT2D eigenvalue weighted by atomic mass is 32.2. The molecule has 0 aromatic carbocycles. The van der Waals surface area contributed by atoms with Crippen LogP contribution >= 0.6 is 0 Å². The Morgan fingerprint density at radius 2 is 1.79 bits per heavy atom. The third-order valence-corrected chi connectivity index (χ3v) is 8.37. The van der Waals surface area contributed by atoms with Gasteiger partial charge < -0.3 is 5.32 Å². The van der Waals surface area contributed by atoms with E-state index in [0.717, 1.165) is 23.7 Å². The fraction of sp³-hybridized carbons (Fsp3) is 1.00. The number of hydrogen-bond donors (Lipinski definition) is 1. The van der Waals surface area contributed by atoms with Gasteiger partial charge in [0.25, 0.3) is 0 Å². The number of rotatable bonds is 4. The lowest BCUT2D eigenvalue weighted by molar-refractivity contribution is 0.206. The summed E-state index contributed by atoms with van der Waals surface area (Å²) < 4.78 is 22.9. The summed E-state index contributed by atoms with van der Waals surface area (Å²) in [5, 5.41) is 3.59. The Balaban J connectivity index is 1.61. The summed E-state index contributed by atoms with van der Waals surface area (Å²) in [5.74, 6) is 3.70. The highest BCUT2D eigenvalue weighted by Crippen LogP contribution is 2.58. The third-order valence-electron chi connectivity index (χ3n) is 6.22. The third kappa shape index (κ3) is 2.25. The molecule has 0 aromatic rings. The highest BCUT2D eigenvalue weighted by Gasteiger charge is 2.53. The number of sulfone groups is 1. The van der Waals surface area contributed by atoms with E-state index >= 15 is 0 Å². The zero-order chi connectivity index (χ0) is 13.8. The van der Waals surface area contributed by atoms with E-state index in [1.807, 2.05) is 13.8 Å². The van der Waals surface area contributed by atoms with E-state index in [1.165, 1.54) is 38.4 Å². The van der Waals surface area contributed by atoms with Crippen molar-refractivity contribution in [1.82, 2.24) is 5.32 Å². The van der Waals surface area contributed by atoms with Crippen LogP contribution in [0.1, 0.15) is 46.0 Å². The summed E-state index contributed by atoms with van der Waals surface area (Å²) in [6, 6.07) is 0.574. The van der Waals surface area contributed by atoms with E-state index in [-0.39, 0.29) is 0 Å². The lowest BCUT2D eigenvalue weighted by Crippen LogP contribution is -2.48. The van der Waals surface area contributed by atoms with Crippen LogP contribution in [0, 0.1) is 23.7 Å². The van der Waals surface area contributed by atoms with Crippen LogP contribution in [0.4, 0.5) is 0 Å². The van der Waals surface area contributed by atoms with E-state index in [0.29, 0.717) is 12.6 Å². The molecule has 3 rings (SSSR count). The van der Waals surface area contributed by atoms with Gasteiger partial charge in [0.05, 0.1) is 4.75 Å². The van der Waals surface area contributed by atoms with Gasteiger partial charge in [-0.25, -0.2) is 8.42 Å². The Hall–Kier alpha value is -0.0900. The van der Waals surface area contributed by atoms with Gasteiger partial charge in [-0.15, -0.1) is 0 Å². The zero-order valence-corrected chi connectivity index (χ0v) is 13.2. The summed E-state index contributed by atoms with van der Waals surface area (Å²) >= 11 is 0. The van der Waals surface area contributed by atoms with Gasteiger partial charge in [-0.3, -0.25) is 0 Å². The predicted molar refractivity (Wildman–Crippen MR) is 77.8 cm³/mol. The first kappa shape index (κ1) is 13.9. The van der Waals surface area contributed by atoms with Crippen LogP contribution in [0.15, 0.2) is 0 Å². The molecular formula is C15H27NO2S. The molecule has 3 fully saturated rings. The molecule has 5 atom stereocenters. The first-order valence-electron chi connectivity index (χ1n) is 7.72. The number of fused-ring (bicyclic) bond motifs is 5. The molecule has 5 unspecified atom stereocenters. The molecule has 0 heterocycles. The molecule has 3 saturated carbocycles. The second kappa shape index (κ2) is 4.45. The highest BCUT2D eigenvalue weighted by molar-refractivity contribution is 7.92. The van der Waals surface area contributed by atoms with Crippen molar-refractivity contribution in [2.45, 2.75) is 56.7 Å². The second-order valence-electron chi connectivity index (χ2n) is 7.67. The Morgan fingerprint density at radius 3 is 2.47 bits per heavy atom. The summed E-state index contributed by atoms with van der Waals surface area (Å²) in [6.07, 6.45) is 8.32. The van der Waals surface area contributed by atoms with Crippen LogP contribution in [-0.4, -0.2) is 32.0 Å². The molecule has 2 bridgehead atoms. The van der Waals surface area contributed by atoms with Crippen LogP contribution in [0.25, 0.3) is 0 Å². The van der Waals surface area contributed by atoms with Crippen LogP contribution in [0.3, 0.4) is 0 Å². The van der Waals surface area contributed by atoms with Crippen molar-refractivity contribution >= 4 is 9.84 Å². The fourth-order valence-electron chi connectivity index (χ4n) is 4.81. The monoisotopic (exact) mass is 285 g/mol. The average Bonchev–Trinajstić information content (AvgIpc) is 2.96. The van der Waals surface area contributed by atoms with Crippen molar-refractivity contribution in [3.63, 3.8) is 0 Å². The molecular weight excluding hydrogens is 258 g/mol. The molecule has 19 heavy (non-hydrogen) atoms. The second-order valence-corrected chi connectivity index (χ2v) is 10.3. The lowest BCUT2D eigenvalue weighted by atomic mass is 9.79. The van der Waals surface area contributed by atoms with Crippen molar-refractivity contribution in [3.05, 3.63) is 0 Å². The topological polar surface area (TPSA) is 46.2 Å². The molecule has 110 valence electrons. The van der Waals surface area contributed by atoms with Crippen LogP contribution in [-0.2, 0) is 9.84 Å². The normalized spacial score (nSPS) is 41.7. The summed E-state index contributed by atoms with van der Waals surface area (Å²) in [5.41, 5.74) is 0. The molecule has 0 aliphatic heterocycles. The minimum absolute atomic E-state index is 0.574. The summed E-state index contributed by atoms with van der Waals surface area (Å²) in [7, 11) is -2.99. The van der Waals surface area contributed by atoms with Gasteiger partial charge in [0.15, 0.2) is 9.84 Å². The quantitative estimate of drug-likeness (QED) is 0.861. The van der Waals surface area contributed by atoms with Crippen molar-refractivity contribution in [2.75, 3.05) is 12.8 Å². The summed E-state index contributed by atoms with van der Waals surface area (Å²) in [4.78, 5) is 0. The minimum atomic E-state index is -2.99. The molecule has 3 aliphatic rings. The van der Waals surface area contributed by atoms with E-state index in [2.05, 4.69) is 5.32 Å². The van der Waals surface area contributed by atoms with Crippen molar-refractivity contribution in [1.29, 1.82) is 0 Å². The van der Waals surface area contributed by atoms with E-state index in [9.17, 15) is 8.42 Å². The van der Waals surface area contributed by atoms with Crippen LogP contribution in [0.5, 0.6) is 0 Å². The maximum absolute atomic E-state index is 11.8. The Labute approximate surface area is 117 Å². The maximum Gasteiger partial charge on any atom is 0.153 e. The van der Waals surface area contributed by atoms with Crippen LogP contribution in [0.2, 0.25) is 0 Å². The van der Waals surface area contributed by atoms with Gasteiger partial charge in [-0.1, -0.05) is 6.42 Å². The lowest BCUT2D eigenvalue weighted by Gasteiger charge is -2.34. The van der Waals surface area contributed by atoms with Gasteiger partial charge in [-0.05, 0) is 63.2 Å². The molecule has 3 aliphatic carbocycles. The minimum Gasteiger partial charge on any atom is -0.312 e. The Morgan fingerprint density at radius 1 is 1.11 bits per heavy atom. The van der Waals surface area contributed by atoms with Gasteiger partial charge in [-0.2, -0.15) is 0 Å². The van der Waals surface area contributed by atoms with Crippen molar-refractivity contribution in [2.24, 2.45) is 23.7 Å². The van der Waals surface area contributed by atoms with Gasteiger partial charge in [0.1, 0.15) is 0 Å². The molecule has 3 nitrogen and oxygen atoms in total.